The number of rotatable bonds is 3. The van der Waals surface area contributed by atoms with Gasteiger partial charge in [-0.15, -0.1) is 0 Å². The van der Waals surface area contributed by atoms with E-state index in [9.17, 15) is 9.90 Å². The molecule has 2 saturated carbocycles. The van der Waals surface area contributed by atoms with Crippen molar-refractivity contribution in [3.8, 4) is 0 Å². The van der Waals surface area contributed by atoms with Gasteiger partial charge in [0.1, 0.15) is 6.10 Å². The molecule has 106 valence electrons. The van der Waals surface area contributed by atoms with Crippen LogP contribution in [-0.2, 0) is 4.74 Å². The van der Waals surface area contributed by atoms with Gasteiger partial charge >= 0.3 is 5.97 Å². The van der Waals surface area contributed by atoms with Gasteiger partial charge in [0.25, 0.3) is 0 Å². The van der Waals surface area contributed by atoms with E-state index in [0.29, 0.717) is 5.56 Å². The van der Waals surface area contributed by atoms with E-state index in [1.807, 2.05) is 25.1 Å². The van der Waals surface area contributed by atoms with Crippen molar-refractivity contribution in [2.45, 2.75) is 37.9 Å². The molecule has 1 aromatic carbocycles. The number of fused-ring (bicyclic) bond motifs is 2. The Balaban J connectivity index is 1.75. The molecular weight excluding hydrogens is 252 g/mol. The summed E-state index contributed by atoms with van der Waals surface area (Å²) >= 11 is 0. The molecule has 20 heavy (non-hydrogen) atoms. The predicted molar refractivity (Wildman–Crippen MR) is 76.2 cm³/mol. The second-order valence-electron chi connectivity index (χ2n) is 6.03. The van der Waals surface area contributed by atoms with Gasteiger partial charge in [0, 0.05) is 5.92 Å². The smallest absolute Gasteiger partial charge is 0.338 e. The molecule has 3 nitrogen and oxygen atoms in total. The maximum absolute atomic E-state index is 12.1. The summed E-state index contributed by atoms with van der Waals surface area (Å²) in [6.07, 6.45) is 2.45. The summed E-state index contributed by atoms with van der Waals surface area (Å²) in [6, 6.07) is 9.01. The van der Waals surface area contributed by atoms with Crippen LogP contribution in [0.4, 0.5) is 0 Å². The summed E-state index contributed by atoms with van der Waals surface area (Å²) in [4.78, 5) is 12.1. The fraction of sp³-hybridized carbons (Fsp3) is 0.471. The number of carbonyl (C=O) groups is 1. The highest BCUT2D eigenvalue weighted by Crippen LogP contribution is 2.56. The van der Waals surface area contributed by atoms with Crippen molar-refractivity contribution < 1.29 is 14.6 Å². The Hall–Kier alpha value is -1.61. The molecule has 4 atom stereocenters. The van der Waals surface area contributed by atoms with E-state index in [1.165, 1.54) is 0 Å². The Morgan fingerprint density at radius 3 is 2.65 bits per heavy atom. The van der Waals surface area contributed by atoms with Crippen molar-refractivity contribution in [3.63, 3.8) is 0 Å². The zero-order valence-electron chi connectivity index (χ0n) is 11.7. The van der Waals surface area contributed by atoms with Crippen LogP contribution in [0.2, 0.25) is 0 Å². The third-order valence-corrected chi connectivity index (χ3v) is 4.93. The summed E-state index contributed by atoms with van der Waals surface area (Å²) < 4.78 is 5.64. The number of carbonyl (C=O) groups excluding carboxylic acids is 1. The van der Waals surface area contributed by atoms with Crippen LogP contribution in [0.3, 0.4) is 0 Å². The number of aliphatic hydroxyl groups is 1. The molecule has 0 saturated heterocycles. The van der Waals surface area contributed by atoms with E-state index in [2.05, 4.69) is 6.58 Å². The van der Waals surface area contributed by atoms with Crippen LogP contribution in [0.1, 0.15) is 36.5 Å². The van der Waals surface area contributed by atoms with Crippen molar-refractivity contribution in [2.75, 3.05) is 0 Å². The molecule has 1 N–H and O–H groups in total. The summed E-state index contributed by atoms with van der Waals surface area (Å²) in [5, 5.41) is 10.8. The maximum atomic E-state index is 12.1. The molecule has 0 aliphatic heterocycles. The largest absolute Gasteiger partial charge is 0.458 e. The topological polar surface area (TPSA) is 46.5 Å². The number of esters is 1. The van der Waals surface area contributed by atoms with E-state index in [-0.39, 0.29) is 23.9 Å². The third kappa shape index (κ3) is 1.88. The molecule has 1 aromatic rings. The van der Waals surface area contributed by atoms with Gasteiger partial charge in [-0.2, -0.15) is 0 Å². The van der Waals surface area contributed by atoms with Crippen LogP contribution >= 0.6 is 0 Å². The highest BCUT2D eigenvalue weighted by Gasteiger charge is 2.59. The number of benzene rings is 1. The molecule has 0 spiro atoms. The standard InChI is InChI=1S/C17H20O3/c1-11(2)17(19)13-8-9-14(17)15(10-13)20-16(18)12-6-4-3-5-7-12/h3-7,13-15,19H,1,8-10H2,2H3/t13-,14+,15+,17+/m1/s1. The van der Waals surface area contributed by atoms with Gasteiger partial charge in [0.05, 0.1) is 11.2 Å². The SMILES string of the molecule is C=C(C)[C@]1(O)[C@@H]2CC[C@H]1[C@@H](OC(=O)c1ccccc1)C2. The van der Waals surface area contributed by atoms with E-state index in [4.69, 9.17) is 4.74 Å². The lowest BCUT2D eigenvalue weighted by atomic mass is 9.85. The van der Waals surface area contributed by atoms with Gasteiger partial charge < -0.3 is 9.84 Å². The predicted octanol–water partition coefficient (Wildman–Crippen LogP) is 2.95. The first-order valence-corrected chi connectivity index (χ1v) is 7.18. The minimum Gasteiger partial charge on any atom is -0.458 e. The lowest BCUT2D eigenvalue weighted by Crippen LogP contribution is -2.38. The zero-order valence-corrected chi connectivity index (χ0v) is 11.7. The lowest BCUT2D eigenvalue weighted by Gasteiger charge is -2.29. The molecule has 2 aliphatic rings. The first kappa shape index (κ1) is 13.4. The molecule has 2 fully saturated rings. The van der Waals surface area contributed by atoms with Gasteiger partial charge in [-0.25, -0.2) is 4.79 Å². The molecule has 0 amide bonds. The van der Waals surface area contributed by atoms with Crippen LogP contribution in [0.5, 0.6) is 0 Å². The summed E-state index contributed by atoms with van der Waals surface area (Å²) in [5.41, 5.74) is 0.513. The van der Waals surface area contributed by atoms with Crippen molar-refractivity contribution >= 4 is 5.97 Å². The van der Waals surface area contributed by atoms with Crippen LogP contribution in [0, 0.1) is 11.8 Å². The summed E-state index contributed by atoms with van der Waals surface area (Å²) in [7, 11) is 0. The Bertz CT molecular complexity index is 536. The van der Waals surface area contributed by atoms with Gasteiger partial charge in [-0.05, 0) is 49.8 Å². The second kappa shape index (κ2) is 4.74. The summed E-state index contributed by atoms with van der Waals surface area (Å²) in [5.74, 6) is -0.122. The van der Waals surface area contributed by atoms with Gasteiger partial charge in [0.15, 0.2) is 0 Å². The van der Waals surface area contributed by atoms with Gasteiger partial charge in [-0.1, -0.05) is 24.8 Å². The molecule has 0 unspecified atom stereocenters. The average molecular weight is 272 g/mol. The van der Waals surface area contributed by atoms with E-state index in [1.54, 1.807) is 12.1 Å². The van der Waals surface area contributed by atoms with Crippen LogP contribution in [0.25, 0.3) is 0 Å². The Morgan fingerprint density at radius 1 is 1.35 bits per heavy atom. The Kier molecular flexibility index (Phi) is 3.17. The van der Waals surface area contributed by atoms with E-state index >= 15 is 0 Å². The molecule has 0 radical (unpaired) electrons. The Morgan fingerprint density at radius 2 is 2.05 bits per heavy atom. The van der Waals surface area contributed by atoms with Crippen molar-refractivity contribution in [1.82, 2.24) is 0 Å². The zero-order chi connectivity index (χ0) is 14.3. The minimum absolute atomic E-state index is 0.00216. The number of hydrogen-bond acceptors (Lipinski definition) is 3. The fourth-order valence-electron chi connectivity index (χ4n) is 3.91. The number of ether oxygens (including phenoxy) is 1. The molecule has 0 heterocycles. The highest BCUT2D eigenvalue weighted by atomic mass is 16.5. The molecule has 3 rings (SSSR count). The van der Waals surface area contributed by atoms with E-state index < -0.39 is 5.60 Å². The monoisotopic (exact) mass is 272 g/mol. The van der Waals surface area contributed by atoms with Crippen molar-refractivity contribution in [2.24, 2.45) is 11.8 Å². The highest BCUT2D eigenvalue weighted by molar-refractivity contribution is 5.89. The maximum Gasteiger partial charge on any atom is 0.338 e. The van der Waals surface area contributed by atoms with Crippen molar-refractivity contribution in [3.05, 3.63) is 48.0 Å². The molecule has 2 bridgehead atoms. The fourth-order valence-corrected chi connectivity index (χ4v) is 3.91. The quantitative estimate of drug-likeness (QED) is 0.679. The van der Waals surface area contributed by atoms with Crippen molar-refractivity contribution in [1.29, 1.82) is 0 Å². The second-order valence-corrected chi connectivity index (χ2v) is 6.03. The lowest BCUT2D eigenvalue weighted by molar-refractivity contribution is -0.0110. The van der Waals surface area contributed by atoms with Gasteiger partial charge in [0.2, 0.25) is 0 Å². The van der Waals surface area contributed by atoms with Crippen LogP contribution in [-0.4, -0.2) is 22.8 Å². The molecular formula is C17H20O3. The molecule has 3 heteroatoms. The molecule has 0 aromatic heterocycles. The normalized spacial score (nSPS) is 35.0. The van der Waals surface area contributed by atoms with Gasteiger partial charge in [-0.3, -0.25) is 0 Å². The van der Waals surface area contributed by atoms with Crippen LogP contribution < -0.4 is 0 Å². The first-order chi connectivity index (χ1) is 9.53. The summed E-state index contributed by atoms with van der Waals surface area (Å²) in [6.45, 7) is 5.80. The Labute approximate surface area is 119 Å². The third-order valence-electron chi connectivity index (χ3n) is 4.93. The van der Waals surface area contributed by atoms with E-state index in [0.717, 1.165) is 24.8 Å². The average Bonchev–Trinajstić information content (AvgIpc) is 2.91. The minimum atomic E-state index is -0.846. The molecule has 2 aliphatic carbocycles. The first-order valence-electron chi connectivity index (χ1n) is 7.18. The van der Waals surface area contributed by atoms with Crippen LogP contribution in [0.15, 0.2) is 42.5 Å². The number of hydrogen-bond donors (Lipinski definition) is 1.